The van der Waals surface area contributed by atoms with E-state index in [1.165, 1.54) is 12.0 Å². The maximum absolute atomic E-state index is 11.3. The number of ketones is 1. The normalized spacial score (nSPS) is 16.9. The highest BCUT2D eigenvalue weighted by atomic mass is 16.5. The van der Waals surface area contributed by atoms with E-state index in [2.05, 4.69) is 4.74 Å². The molecule has 1 aliphatic heterocycles. The summed E-state index contributed by atoms with van der Waals surface area (Å²) in [5.41, 5.74) is 0. The molecule has 0 radical (unpaired) electrons. The fraction of sp³-hybridized carbons (Fsp3) is 0.750. The van der Waals surface area contributed by atoms with Gasteiger partial charge in [0.25, 0.3) is 0 Å². The lowest BCUT2D eigenvalue weighted by Crippen LogP contribution is -2.35. The summed E-state index contributed by atoms with van der Waals surface area (Å²) in [6.45, 7) is 1.56. The lowest BCUT2D eigenvalue weighted by Gasteiger charge is -2.14. The third kappa shape index (κ3) is 2.42. The van der Waals surface area contributed by atoms with Crippen molar-refractivity contribution in [3.8, 4) is 0 Å². The predicted molar refractivity (Wildman–Crippen MR) is 46.5 cm³/mol. The second-order valence-corrected chi connectivity index (χ2v) is 3.10. The molecule has 5 heteroatoms. The molecule has 0 atom stereocenters. The summed E-state index contributed by atoms with van der Waals surface area (Å²) in [5.74, 6) is -0.0637. The molecule has 1 rings (SSSR count). The van der Waals surface area contributed by atoms with Gasteiger partial charge >= 0.3 is 6.03 Å². The Morgan fingerprint density at radius 3 is 2.69 bits per heavy atom. The number of Topliss-reactive ketones (excluding diaryl/α,β-unsaturated/α-hetero) is 1. The van der Waals surface area contributed by atoms with Crippen molar-refractivity contribution >= 4 is 11.8 Å². The molecule has 74 valence electrons. The Balaban J connectivity index is 2.38. The molecule has 0 aromatic rings. The standard InChI is InChI=1S/C8H14N2O3/c1-9-3-4-10(8(9)12)5-7(11)6-13-2/h3-6H2,1-2H3. The van der Waals surface area contributed by atoms with Crippen LogP contribution in [0.4, 0.5) is 4.79 Å². The first-order valence-electron chi connectivity index (χ1n) is 4.16. The second-order valence-electron chi connectivity index (χ2n) is 3.10. The van der Waals surface area contributed by atoms with Crippen LogP contribution in [0.15, 0.2) is 0 Å². The van der Waals surface area contributed by atoms with Gasteiger partial charge in [-0.3, -0.25) is 4.79 Å². The minimum absolute atomic E-state index is 0.0637. The van der Waals surface area contributed by atoms with Crippen molar-refractivity contribution in [1.82, 2.24) is 9.80 Å². The zero-order valence-electron chi connectivity index (χ0n) is 7.95. The van der Waals surface area contributed by atoms with Gasteiger partial charge < -0.3 is 14.5 Å². The summed E-state index contributed by atoms with van der Waals surface area (Å²) in [4.78, 5) is 25.5. The molecule has 1 aliphatic rings. The van der Waals surface area contributed by atoms with E-state index in [1.54, 1.807) is 11.9 Å². The zero-order valence-corrected chi connectivity index (χ0v) is 7.95. The molecule has 13 heavy (non-hydrogen) atoms. The van der Waals surface area contributed by atoms with Crippen LogP contribution in [0.2, 0.25) is 0 Å². The van der Waals surface area contributed by atoms with Crippen LogP contribution in [0, 0.1) is 0 Å². The number of hydrogen-bond donors (Lipinski definition) is 0. The number of methoxy groups -OCH3 is 1. The van der Waals surface area contributed by atoms with Gasteiger partial charge in [0.1, 0.15) is 6.61 Å². The highest BCUT2D eigenvalue weighted by Gasteiger charge is 2.26. The number of rotatable bonds is 4. The smallest absolute Gasteiger partial charge is 0.320 e. The Morgan fingerprint density at radius 2 is 2.23 bits per heavy atom. The van der Waals surface area contributed by atoms with Crippen LogP contribution in [-0.4, -0.2) is 62.0 Å². The lowest BCUT2D eigenvalue weighted by molar-refractivity contribution is -0.123. The van der Waals surface area contributed by atoms with E-state index < -0.39 is 0 Å². The van der Waals surface area contributed by atoms with Crippen LogP contribution in [0.3, 0.4) is 0 Å². The van der Waals surface area contributed by atoms with Gasteiger partial charge in [-0.15, -0.1) is 0 Å². The molecule has 1 saturated heterocycles. The maximum Gasteiger partial charge on any atom is 0.320 e. The van der Waals surface area contributed by atoms with Crippen molar-refractivity contribution in [2.75, 3.05) is 40.4 Å². The summed E-state index contributed by atoms with van der Waals surface area (Å²) in [5, 5.41) is 0. The monoisotopic (exact) mass is 186 g/mol. The number of ether oxygens (including phenoxy) is 1. The summed E-state index contributed by atoms with van der Waals surface area (Å²) < 4.78 is 4.67. The molecule has 0 aromatic heterocycles. The van der Waals surface area contributed by atoms with Gasteiger partial charge in [0.2, 0.25) is 0 Å². The van der Waals surface area contributed by atoms with Crippen LogP contribution >= 0.6 is 0 Å². The number of carbonyl (C=O) groups is 2. The van der Waals surface area contributed by atoms with Crippen LogP contribution in [-0.2, 0) is 9.53 Å². The molecular formula is C8H14N2O3. The molecule has 2 amide bonds. The van der Waals surface area contributed by atoms with Crippen molar-refractivity contribution in [3.05, 3.63) is 0 Å². The lowest BCUT2D eigenvalue weighted by atomic mass is 10.4. The van der Waals surface area contributed by atoms with Gasteiger partial charge in [-0.1, -0.05) is 0 Å². The van der Waals surface area contributed by atoms with Crippen LogP contribution in [0.5, 0.6) is 0 Å². The average Bonchev–Trinajstić information content (AvgIpc) is 2.37. The minimum atomic E-state index is -0.0792. The van der Waals surface area contributed by atoms with E-state index in [0.717, 1.165) is 0 Å². The Hall–Kier alpha value is -1.10. The van der Waals surface area contributed by atoms with Gasteiger partial charge in [-0.25, -0.2) is 4.79 Å². The van der Waals surface area contributed by atoms with Gasteiger partial charge in [0.05, 0.1) is 6.54 Å². The van der Waals surface area contributed by atoms with Gasteiger partial charge in [-0.2, -0.15) is 0 Å². The SMILES string of the molecule is COCC(=O)CN1CCN(C)C1=O. The molecule has 1 fully saturated rings. The van der Waals surface area contributed by atoms with E-state index >= 15 is 0 Å². The zero-order chi connectivity index (χ0) is 9.84. The second kappa shape index (κ2) is 4.23. The number of nitrogens with zero attached hydrogens (tertiary/aromatic N) is 2. The number of amides is 2. The van der Waals surface area contributed by atoms with E-state index in [0.29, 0.717) is 13.1 Å². The van der Waals surface area contributed by atoms with Crippen molar-refractivity contribution in [2.24, 2.45) is 0 Å². The fourth-order valence-electron chi connectivity index (χ4n) is 1.27. The first-order chi connectivity index (χ1) is 6.15. The summed E-state index contributed by atoms with van der Waals surface area (Å²) in [6.07, 6.45) is 0. The molecule has 0 N–H and O–H groups in total. The van der Waals surface area contributed by atoms with Gasteiger partial charge in [0.15, 0.2) is 5.78 Å². The van der Waals surface area contributed by atoms with Crippen molar-refractivity contribution < 1.29 is 14.3 Å². The van der Waals surface area contributed by atoms with Crippen molar-refractivity contribution in [3.63, 3.8) is 0 Å². The third-order valence-corrected chi connectivity index (χ3v) is 1.97. The van der Waals surface area contributed by atoms with E-state index in [1.807, 2.05) is 0 Å². The van der Waals surface area contributed by atoms with Crippen molar-refractivity contribution in [2.45, 2.75) is 0 Å². The Labute approximate surface area is 77.2 Å². The number of urea groups is 1. The number of likely N-dealkylation sites (N-methyl/N-ethyl adjacent to an activating group) is 1. The van der Waals surface area contributed by atoms with Crippen LogP contribution < -0.4 is 0 Å². The van der Waals surface area contributed by atoms with Crippen LogP contribution in [0.25, 0.3) is 0 Å². The van der Waals surface area contributed by atoms with E-state index in [-0.39, 0.29) is 25.0 Å². The summed E-state index contributed by atoms with van der Waals surface area (Å²) >= 11 is 0. The first kappa shape index (κ1) is 9.98. The van der Waals surface area contributed by atoms with Gasteiger partial charge in [-0.05, 0) is 0 Å². The maximum atomic E-state index is 11.3. The van der Waals surface area contributed by atoms with Crippen LogP contribution in [0.1, 0.15) is 0 Å². The largest absolute Gasteiger partial charge is 0.377 e. The molecule has 0 aromatic carbocycles. The predicted octanol–water partition coefficient (Wildman–Crippen LogP) is -0.431. The first-order valence-corrected chi connectivity index (χ1v) is 4.16. The molecule has 0 spiro atoms. The third-order valence-electron chi connectivity index (χ3n) is 1.97. The number of hydrogen-bond acceptors (Lipinski definition) is 3. The van der Waals surface area contributed by atoms with E-state index in [9.17, 15) is 9.59 Å². The highest BCUT2D eigenvalue weighted by molar-refractivity contribution is 5.87. The number of carbonyl (C=O) groups excluding carboxylic acids is 2. The highest BCUT2D eigenvalue weighted by Crippen LogP contribution is 2.04. The molecule has 5 nitrogen and oxygen atoms in total. The molecule has 0 saturated carbocycles. The quantitative estimate of drug-likeness (QED) is 0.598. The fourth-order valence-corrected chi connectivity index (χ4v) is 1.27. The molecule has 0 unspecified atom stereocenters. The van der Waals surface area contributed by atoms with E-state index in [4.69, 9.17) is 0 Å². The summed E-state index contributed by atoms with van der Waals surface area (Å²) in [6, 6.07) is -0.0792. The molecule has 1 heterocycles. The molecule has 0 aliphatic carbocycles. The average molecular weight is 186 g/mol. The minimum Gasteiger partial charge on any atom is -0.377 e. The Morgan fingerprint density at radius 1 is 1.54 bits per heavy atom. The topological polar surface area (TPSA) is 49.9 Å². The van der Waals surface area contributed by atoms with Gasteiger partial charge in [0, 0.05) is 27.2 Å². The molecular weight excluding hydrogens is 172 g/mol. The summed E-state index contributed by atoms with van der Waals surface area (Å²) in [7, 11) is 3.19. The Bertz CT molecular complexity index is 217. The Kier molecular flexibility index (Phi) is 3.25. The molecule has 0 bridgehead atoms. The van der Waals surface area contributed by atoms with Crippen molar-refractivity contribution in [1.29, 1.82) is 0 Å².